The third-order valence-corrected chi connectivity index (χ3v) is 4.21. The van der Waals surface area contributed by atoms with Gasteiger partial charge in [0.25, 0.3) is 0 Å². The fourth-order valence-electron chi connectivity index (χ4n) is 2.86. The van der Waals surface area contributed by atoms with Crippen LogP contribution in [0, 0.1) is 5.82 Å². The van der Waals surface area contributed by atoms with Crippen LogP contribution in [0.25, 0.3) is 22.0 Å². The predicted molar refractivity (Wildman–Crippen MR) is 110 cm³/mol. The molecule has 7 heteroatoms. The molecular weight excluding hydrogens is 367 g/mol. The van der Waals surface area contributed by atoms with Crippen LogP contribution in [0.1, 0.15) is 19.5 Å². The molecule has 2 atom stereocenters. The van der Waals surface area contributed by atoms with Crippen molar-refractivity contribution in [1.82, 2.24) is 15.3 Å². The second-order valence-electron chi connectivity index (χ2n) is 6.42. The summed E-state index contributed by atoms with van der Waals surface area (Å²) in [7, 11) is 1.84. The number of rotatable bonds is 6. The van der Waals surface area contributed by atoms with Gasteiger partial charge in [0, 0.05) is 23.1 Å². The minimum absolute atomic E-state index is 0. The summed E-state index contributed by atoms with van der Waals surface area (Å²) in [4.78, 5) is 9.10. The number of nitrogens with zero attached hydrogens (tertiary/aromatic N) is 2. The molecule has 0 saturated heterocycles. The lowest BCUT2D eigenvalue weighted by atomic mass is 10.0. The first-order valence-electron chi connectivity index (χ1n) is 8.65. The van der Waals surface area contributed by atoms with Crippen molar-refractivity contribution in [2.24, 2.45) is 0 Å². The SMILES string of the molecule is CNC(C)Nc1nc(CC(C)O)cc(-c2ccc(F)c3ccccc23)n1.Cl. The van der Waals surface area contributed by atoms with E-state index in [1.807, 2.05) is 38.2 Å². The van der Waals surface area contributed by atoms with Crippen LogP contribution < -0.4 is 10.6 Å². The van der Waals surface area contributed by atoms with E-state index < -0.39 is 6.10 Å². The molecule has 0 bridgehead atoms. The molecule has 0 aliphatic rings. The van der Waals surface area contributed by atoms with Gasteiger partial charge < -0.3 is 15.7 Å². The molecule has 3 N–H and O–H groups in total. The van der Waals surface area contributed by atoms with Crippen LogP contribution in [0.2, 0.25) is 0 Å². The van der Waals surface area contributed by atoms with Crippen molar-refractivity contribution < 1.29 is 9.50 Å². The molecule has 0 aliphatic carbocycles. The number of aliphatic hydroxyl groups is 1. The minimum Gasteiger partial charge on any atom is -0.393 e. The molecule has 0 amide bonds. The summed E-state index contributed by atoms with van der Waals surface area (Å²) in [5.74, 6) is 0.207. The van der Waals surface area contributed by atoms with Crippen molar-refractivity contribution in [3.05, 3.63) is 54.0 Å². The molecule has 0 fully saturated rings. The van der Waals surface area contributed by atoms with Gasteiger partial charge in [-0.15, -0.1) is 12.4 Å². The van der Waals surface area contributed by atoms with E-state index in [1.54, 1.807) is 19.1 Å². The fourth-order valence-corrected chi connectivity index (χ4v) is 2.86. The van der Waals surface area contributed by atoms with Crippen LogP contribution in [0.15, 0.2) is 42.5 Å². The maximum Gasteiger partial charge on any atom is 0.224 e. The number of nitrogens with one attached hydrogen (secondary N) is 2. The smallest absolute Gasteiger partial charge is 0.224 e. The summed E-state index contributed by atoms with van der Waals surface area (Å²) >= 11 is 0. The van der Waals surface area contributed by atoms with Crippen LogP contribution in [-0.4, -0.2) is 34.4 Å². The van der Waals surface area contributed by atoms with E-state index in [-0.39, 0.29) is 24.4 Å². The summed E-state index contributed by atoms with van der Waals surface area (Å²) in [6.07, 6.45) is -0.121. The molecule has 0 spiro atoms. The molecule has 5 nitrogen and oxygen atoms in total. The van der Waals surface area contributed by atoms with Gasteiger partial charge in [0.1, 0.15) is 5.82 Å². The molecule has 3 rings (SSSR count). The zero-order chi connectivity index (χ0) is 18.7. The Kier molecular flexibility index (Phi) is 7.07. The summed E-state index contributed by atoms with van der Waals surface area (Å²) in [5.41, 5.74) is 2.25. The van der Waals surface area contributed by atoms with Gasteiger partial charge in [-0.25, -0.2) is 14.4 Å². The van der Waals surface area contributed by atoms with Gasteiger partial charge in [-0.05, 0) is 44.5 Å². The summed E-state index contributed by atoms with van der Waals surface area (Å²) < 4.78 is 14.1. The molecular formula is C20H24ClFN4O. The number of aromatic nitrogens is 2. The first-order chi connectivity index (χ1) is 12.5. The highest BCUT2D eigenvalue weighted by Gasteiger charge is 2.13. The highest BCUT2D eigenvalue weighted by molar-refractivity contribution is 5.96. The normalized spacial score (nSPS) is 13.1. The Hall–Kier alpha value is -2.28. The average Bonchev–Trinajstić information content (AvgIpc) is 2.61. The lowest BCUT2D eigenvalue weighted by Crippen LogP contribution is -2.30. The van der Waals surface area contributed by atoms with Gasteiger partial charge in [0.15, 0.2) is 0 Å². The summed E-state index contributed by atoms with van der Waals surface area (Å²) in [6, 6.07) is 12.4. The molecule has 2 aromatic carbocycles. The molecule has 1 aromatic heterocycles. The van der Waals surface area contributed by atoms with Crippen molar-refractivity contribution in [2.45, 2.75) is 32.5 Å². The first kappa shape index (κ1) is 21.0. The van der Waals surface area contributed by atoms with Gasteiger partial charge >= 0.3 is 0 Å². The van der Waals surface area contributed by atoms with Crippen molar-refractivity contribution in [1.29, 1.82) is 0 Å². The van der Waals surface area contributed by atoms with E-state index in [0.29, 0.717) is 23.4 Å². The largest absolute Gasteiger partial charge is 0.393 e. The van der Waals surface area contributed by atoms with Gasteiger partial charge in [-0.1, -0.05) is 24.3 Å². The minimum atomic E-state index is -0.516. The number of hydrogen-bond donors (Lipinski definition) is 3. The van der Waals surface area contributed by atoms with Crippen LogP contribution >= 0.6 is 12.4 Å². The molecule has 3 aromatic rings. The first-order valence-corrected chi connectivity index (χ1v) is 8.65. The lowest BCUT2D eigenvalue weighted by molar-refractivity contribution is 0.194. The second-order valence-corrected chi connectivity index (χ2v) is 6.42. The maximum absolute atomic E-state index is 14.1. The Morgan fingerprint density at radius 3 is 2.44 bits per heavy atom. The van der Waals surface area contributed by atoms with E-state index in [9.17, 15) is 9.50 Å². The Balaban J connectivity index is 0.00000261. The highest BCUT2D eigenvalue weighted by Crippen LogP contribution is 2.30. The monoisotopic (exact) mass is 390 g/mol. The van der Waals surface area contributed by atoms with E-state index in [0.717, 1.165) is 16.6 Å². The number of anilines is 1. The van der Waals surface area contributed by atoms with Crippen LogP contribution in [0.4, 0.5) is 10.3 Å². The van der Waals surface area contributed by atoms with Gasteiger partial charge in [-0.3, -0.25) is 0 Å². The number of aliphatic hydroxyl groups excluding tert-OH is 1. The Morgan fingerprint density at radius 1 is 1.07 bits per heavy atom. The topological polar surface area (TPSA) is 70.1 Å². The predicted octanol–water partition coefficient (Wildman–Crippen LogP) is 3.76. The van der Waals surface area contributed by atoms with Gasteiger partial charge in [0.2, 0.25) is 5.95 Å². The Morgan fingerprint density at radius 2 is 1.78 bits per heavy atom. The molecule has 144 valence electrons. The number of halogens is 2. The number of hydrogen-bond acceptors (Lipinski definition) is 5. The van der Waals surface area contributed by atoms with E-state index in [2.05, 4.69) is 20.6 Å². The third kappa shape index (κ3) is 4.91. The van der Waals surface area contributed by atoms with E-state index in [1.165, 1.54) is 6.07 Å². The summed E-state index contributed by atoms with van der Waals surface area (Å²) in [5, 5.41) is 17.4. The van der Waals surface area contributed by atoms with E-state index >= 15 is 0 Å². The molecule has 0 radical (unpaired) electrons. The maximum atomic E-state index is 14.1. The van der Waals surface area contributed by atoms with Crippen LogP contribution in [-0.2, 0) is 6.42 Å². The van der Waals surface area contributed by atoms with Crippen LogP contribution in [0.5, 0.6) is 0 Å². The molecule has 0 saturated carbocycles. The molecule has 27 heavy (non-hydrogen) atoms. The van der Waals surface area contributed by atoms with Crippen molar-refractivity contribution in [3.8, 4) is 11.3 Å². The fraction of sp³-hybridized carbons (Fsp3) is 0.300. The van der Waals surface area contributed by atoms with Gasteiger partial charge in [-0.2, -0.15) is 0 Å². The average molecular weight is 391 g/mol. The van der Waals surface area contributed by atoms with E-state index in [4.69, 9.17) is 0 Å². The quantitative estimate of drug-likeness (QED) is 0.559. The van der Waals surface area contributed by atoms with Crippen molar-refractivity contribution >= 4 is 29.1 Å². The van der Waals surface area contributed by atoms with Crippen molar-refractivity contribution in [2.75, 3.05) is 12.4 Å². The second kappa shape index (κ2) is 9.08. The number of benzene rings is 2. The molecule has 0 aliphatic heterocycles. The Bertz CT molecular complexity index is 920. The summed E-state index contributed by atoms with van der Waals surface area (Å²) in [6.45, 7) is 3.68. The van der Waals surface area contributed by atoms with Gasteiger partial charge in [0.05, 0.1) is 18.0 Å². The lowest BCUT2D eigenvalue weighted by Gasteiger charge is -2.16. The van der Waals surface area contributed by atoms with Crippen molar-refractivity contribution in [3.63, 3.8) is 0 Å². The zero-order valence-corrected chi connectivity index (χ0v) is 16.3. The number of fused-ring (bicyclic) bond motifs is 1. The van der Waals surface area contributed by atoms with Crippen LogP contribution in [0.3, 0.4) is 0 Å². The molecule has 1 heterocycles. The third-order valence-electron chi connectivity index (χ3n) is 4.21. The Labute approximate surface area is 164 Å². The highest BCUT2D eigenvalue weighted by atomic mass is 35.5. The zero-order valence-electron chi connectivity index (χ0n) is 15.5. The standard InChI is InChI=1S/C20H23FN4O.ClH/c1-12(26)10-14-11-19(25-20(24-14)23-13(2)22-3)17-8-9-18(21)16-7-5-4-6-15(16)17;/h4-9,11-13,22,26H,10H2,1-3H3,(H,23,24,25);1H. The molecule has 2 unspecified atom stereocenters.